The lowest BCUT2D eigenvalue weighted by Gasteiger charge is -1.98. The molecule has 0 spiro atoms. The van der Waals surface area contributed by atoms with Crippen LogP contribution < -0.4 is 0 Å². The number of aromatic nitrogens is 2. The van der Waals surface area contributed by atoms with Crippen LogP contribution in [0.3, 0.4) is 0 Å². The van der Waals surface area contributed by atoms with E-state index in [1.165, 1.54) is 0 Å². The number of hydrogen-bond donors (Lipinski definition) is 0. The van der Waals surface area contributed by atoms with Crippen LogP contribution in [0.5, 0.6) is 0 Å². The van der Waals surface area contributed by atoms with Gasteiger partial charge in [0.2, 0.25) is 0 Å². The molecular weight excluding hydrogens is 160 g/mol. The second-order valence-corrected chi connectivity index (χ2v) is 2.83. The van der Waals surface area contributed by atoms with Gasteiger partial charge in [0.05, 0.1) is 6.20 Å². The zero-order valence-corrected chi connectivity index (χ0v) is 7.36. The minimum atomic E-state index is 0.737. The fourth-order valence-electron chi connectivity index (χ4n) is 1.13. The molecule has 2 aromatic rings. The van der Waals surface area contributed by atoms with Crippen molar-refractivity contribution in [3.05, 3.63) is 48.3 Å². The van der Waals surface area contributed by atoms with Crippen molar-refractivity contribution in [3.63, 3.8) is 0 Å². The fourth-order valence-corrected chi connectivity index (χ4v) is 1.13. The molecule has 2 rings (SSSR count). The highest BCUT2D eigenvalue weighted by Gasteiger charge is 1.98. The standard InChI is InChI=1S/C11H9N2/c1-9-7-8-12-11(13-9)10-5-3-2-4-6-10/h2-7H,1H3. The molecule has 0 unspecified atom stereocenters. The lowest BCUT2D eigenvalue weighted by atomic mass is 10.2. The summed E-state index contributed by atoms with van der Waals surface area (Å²) in [6, 6.07) is 11.7. The predicted molar refractivity (Wildman–Crippen MR) is 51.0 cm³/mol. The van der Waals surface area contributed by atoms with Gasteiger partial charge in [-0.25, -0.2) is 9.97 Å². The smallest absolute Gasteiger partial charge is 0.160 e. The number of benzene rings is 1. The Labute approximate surface area is 77.3 Å². The molecule has 0 aliphatic heterocycles. The highest BCUT2D eigenvalue weighted by atomic mass is 14.9. The van der Waals surface area contributed by atoms with Crippen molar-refractivity contribution in [3.8, 4) is 11.4 Å². The molecule has 0 aliphatic carbocycles. The second-order valence-electron chi connectivity index (χ2n) is 2.83. The van der Waals surface area contributed by atoms with Crippen molar-refractivity contribution in [1.82, 2.24) is 9.97 Å². The summed E-state index contributed by atoms with van der Waals surface area (Å²) in [7, 11) is 0. The molecule has 0 aliphatic rings. The number of rotatable bonds is 1. The fraction of sp³-hybridized carbons (Fsp3) is 0.0909. The summed E-state index contributed by atoms with van der Waals surface area (Å²) in [4.78, 5) is 8.37. The first kappa shape index (κ1) is 7.92. The number of aryl methyl sites for hydroxylation is 1. The van der Waals surface area contributed by atoms with Gasteiger partial charge in [0.25, 0.3) is 0 Å². The maximum atomic E-state index is 4.30. The van der Waals surface area contributed by atoms with Crippen LogP contribution in [0.15, 0.2) is 36.4 Å². The summed E-state index contributed by atoms with van der Waals surface area (Å²) in [6.45, 7) is 1.94. The van der Waals surface area contributed by atoms with Gasteiger partial charge in [-0.2, -0.15) is 0 Å². The van der Waals surface area contributed by atoms with E-state index < -0.39 is 0 Å². The summed E-state index contributed by atoms with van der Waals surface area (Å²) in [5.74, 6) is 0.737. The maximum absolute atomic E-state index is 4.30. The van der Waals surface area contributed by atoms with Gasteiger partial charge in [0, 0.05) is 11.3 Å². The minimum absolute atomic E-state index is 0.737. The average molecular weight is 169 g/mol. The van der Waals surface area contributed by atoms with Crippen LogP contribution in [0.25, 0.3) is 11.4 Å². The molecule has 0 fully saturated rings. The zero-order chi connectivity index (χ0) is 9.10. The average Bonchev–Trinajstić information content (AvgIpc) is 2.19. The van der Waals surface area contributed by atoms with Gasteiger partial charge in [-0.05, 0) is 13.0 Å². The molecule has 63 valence electrons. The predicted octanol–water partition coefficient (Wildman–Crippen LogP) is 2.25. The molecule has 0 amide bonds. The van der Waals surface area contributed by atoms with Gasteiger partial charge >= 0.3 is 0 Å². The largest absolute Gasteiger partial charge is 0.233 e. The zero-order valence-electron chi connectivity index (χ0n) is 7.36. The molecule has 0 saturated carbocycles. The molecule has 2 heteroatoms. The third-order valence-corrected chi connectivity index (χ3v) is 1.76. The highest BCUT2D eigenvalue weighted by Crippen LogP contribution is 2.12. The summed E-state index contributed by atoms with van der Waals surface area (Å²) in [6.07, 6.45) is 2.82. The number of hydrogen-bond acceptors (Lipinski definition) is 2. The van der Waals surface area contributed by atoms with Crippen LogP contribution in [0, 0.1) is 13.1 Å². The third-order valence-electron chi connectivity index (χ3n) is 1.76. The molecular formula is C11H9N2. The van der Waals surface area contributed by atoms with Gasteiger partial charge < -0.3 is 0 Å². The van der Waals surface area contributed by atoms with Crippen LogP contribution >= 0.6 is 0 Å². The van der Waals surface area contributed by atoms with Crippen LogP contribution in [0.1, 0.15) is 5.69 Å². The van der Waals surface area contributed by atoms with Gasteiger partial charge in [0.15, 0.2) is 5.82 Å². The van der Waals surface area contributed by atoms with Gasteiger partial charge in [-0.3, -0.25) is 0 Å². The van der Waals surface area contributed by atoms with Gasteiger partial charge in [0.1, 0.15) is 0 Å². The van der Waals surface area contributed by atoms with E-state index >= 15 is 0 Å². The molecule has 1 aromatic heterocycles. The van der Waals surface area contributed by atoms with Crippen LogP contribution in [0.4, 0.5) is 0 Å². The van der Waals surface area contributed by atoms with E-state index in [1.54, 1.807) is 6.07 Å². The van der Waals surface area contributed by atoms with E-state index in [0.717, 1.165) is 17.1 Å². The maximum Gasteiger partial charge on any atom is 0.160 e. The van der Waals surface area contributed by atoms with Gasteiger partial charge in [-0.1, -0.05) is 30.3 Å². The third kappa shape index (κ3) is 1.72. The summed E-state index contributed by atoms with van der Waals surface area (Å²) < 4.78 is 0. The summed E-state index contributed by atoms with van der Waals surface area (Å²) in [5.41, 5.74) is 1.97. The molecule has 0 saturated heterocycles. The molecule has 1 aromatic carbocycles. The Balaban J connectivity index is 2.48. The SMILES string of the molecule is Cc1c[c]nc(-c2ccccc2)n1. The molecule has 0 N–H and O–H groups in total. The van der Waals surface area contributed by atoms with Crippen molar-refractivity contribution >= 4 is 0 Å². The molecule has 1 radical (unpaired) electrons. The topological polar surface area (TPSA) is 25.8 Å². The van der Waals surface area contributed by atoms with Crippen molar-refractivity contribution in [2.24, 2.45) is 0 Å². The lowest BCUT2D eigenvalue weighted by Crippen LogP contribution is -1.89. The molecule has 1 heterocycles. The first-order chi connectivity index (χ1) is 6.36. The van der Waals surface area contributed by atoms with Crippen molar-refractivity contribution < 1.29 is 0 Å². The quantitative estimate of drug-likeness (QED) is 0.654. The van der Waals surface area contributed by atoms with E-state index in [1.807, 2.05) is 37.3 Å². The molecule has 13 heavy (non-hydrogen) atoms. The lowest BCUT2D eigenvalue weighted by molar-refractivity contribution is 1.10. The Bertz CT molecular complexity index is 396. The van der Waals surface area contributed by atoms with E-state index in [-0.39, 0.29) is 0 Å². The van der Waals surface area contributed by atoms with E-state index in [0.29, 0.717) is 0 Å². The Morgan fingerprint density at radius 3 is 2.62 bits per heavy atom. The van der Waals surface area contributed by atoms with Crippen LogP contribution in [0.2, 0.25) is 0 Å². The number of nitrogens with zero attached hydrogens (tertiary/aromatic N) is 2. The van der Waals surface area contributed by atoms with E-state index in [4.69, 9.17) is 0 Å². The van der Waals surface area contributed by atoms with Crippen molar-refractivity contribution in [2.45, 2.75) is 6.92 Å². The second kappa shape index (κ2) is 3.35. The molecule has 0 bridgehead atoms. The summed E-state index contributed by atoms with van der Waals surface area (Å²) >= 11 is 0. The Morgan fingerprint density at radius 2 is 1.92 bits per heavy atom. The highest BCUT2D eigenvalue weighted by molar-refractivity contribution is 5.53. The molecule has 0 atom stereocenters. The minimum Gasteiger partial charge on any atom is -0.233 e. The Morgan fingerprint density at radius 1 is 1.15 bits per heavy atom. The van der Waals surface area contributed by atoms with Crippen molar-refractivity contribution in [2.75, 3.05) is 0 Å². The first-order valence-electron chi connectivity index (χ1n) is 4.13. The van der Waals surface area contributed by atoms with Gasteiger partial charge in [-0.15, -0.1) is 0 Å². The summed E-state index contributed by atoms with van der Waals surface area (Å²) in [5, 5.41) is 0. The Kier molecular flexibility index (Phi) is 2.04. The van der Waals surface area contributed by atoms with Crippen molar-refractivity contribution in [1.29, 1.82) is 0 Å². The van der Waals surface area contributed by atoms with E-state index in [2.05, 4.69) is 16.2 Å². The monoisotopic (exact) mass is 169 g/mol. The normalized spacial score (nSPS) is 9.92. The first-order valence-corrected chi connectivity index (χ1v) is 4.13. The Hall–Kier alpha value is -1.70. The van der Waals surface area contributed by atoms with E-state index in [9.17, 15) is 0 Å². The molecule has 2 nitrogen and oxygen atoms in total. The van der Waals surface area contributed by atoms with Crippen LogP contribution in [-0.2, 0) is 0 Å². The van der Waals surface area contributed by atoms with Crippen LogP contribution in [-0.4, -0.2) is 9.97 Å².